The molecule has 0 N–H and O–H groups in total. The molecule has 0 amide bonds. The molecule has 0 bridgehead atoms. The van der Waals surface area contributed by atoms with Gasteiger partial charge >= 0.3 is 222 Å². The van der Waals surface area contributed by atoms with Crippen molar-refractivity contribution in [2.75, 3.05) is 0 Å². The Bertz CT molecular complexity index is 810. The maximum absolute atomic E-state index is 2.90. The Morgan fingerprint density at radius 3 is 1.31 bits per heavy atom. The molecule has 1 unspecified atom stereocenters. The van der Waals surface area contributed by atoms with Gasteiger partial charge in [0.2, 0.25) is 0 Å². The maximum atomic E-state index is 2.58. The molecule has 4 rings (SSSR count). The molecule has 1 heteroatoms. The molecule has 0 nitrogen and oxygen atoms in total. The summed E-state index contributed by atoms with van der Waals surface area (Å²) < 4.78 is 4.91. The number of hydrogen-bond donors (Lipinski definition) is 0. The summed E-state index contributed by atoms with van der Waals surface area (Å²) in [6, 6.07) is 23.6. The van der Waals surface area contributed by atoms with Crippen molar-refractivity contribution in [2.45, 2.75) is 96.8 Å². The van der Waals surface area contributed by atoms with E-state index in [1.807, 2.05) is 0 Å². The van der Waals surface area contributed by atoms with E-state index >= 15 is 0 Å². The van der Waals surface area contributed by atoms with Crippen molar-refractivity contribution in [2.24, 2.45) is 35.5 Å². The van der Waals surface area contributed by atoms with E-state index in [1.54, 1.807) is 11.1 Å². The quantitative estimate of drug-likeness (QED) is 0.273. The Balaban J connectivity index is 1.91. The second-order valence-corrected chi connectivity index (χ2v) is 26.7. The summed E-state index contributed by atoms with van der Waals surface area (Å²) in [7, 11) is 0. The van der Waals surface area contributed by atoms with Gasteiger partial charge in [-0.15, -0.1) is 0 Å². The fraction of sp³-hybridized carbons (Fsp3) is 0.647. The third-order valence-electron chi connectivity index (χ3n) is 10.3. The summed E-state index contributed by atoms with van der Waals surface area (Å²) >= 11 is -2.90. The Hall–Kier alpha value is -0.761. The third kappa shape index (κ3) is 6.39. The van der Waals surface area contributed by atoms with Crippen molar-refractivity contribution in [3.63, 3.8) is 0 Å². The predicted octanol–water partition coefficient (Wildman–Crippen LogP) is 9.92. The van der Waals surface area contributed by atoms with Crippen LogP contribution in [0, 0.1) is 35.5 Å². The molecule has 6 atom stereocenters. The first-order valence-corrected chi connectivity index (χ1v) is 22.2. The average Bonchev–Trinajstić information content (AvgIpc) is 2.84. The van der Waals surface area contributed by atoms with Gasteiger partial charge in [0.25, 0.3) is 0 Å². The van der Waals surface area contributed by atoms with Crippen LogP contribution in [0.3, 0.4) is 0 Å². The van der Waals surface area contributed by atoms with Gasteiger partial charge < -0.3 is 0 Å². The monoisotopic (exact) mass is 580 g/mol. The van der Waals surface area contributed by atoms with E-state index in [9.17, 15) is 0 Å². The Kier molecular flexibility index (Phi) is 9.50. The number of hydrogen-bond acceptors (Lipinski definition) is 0. The molecular weight excluding hydrogens is 527 g/mol. The van der Waals surface area contributed by atoms with Gasteiger partial charge in [-0.25, -0.2) is 0 Å². The molecule has 0 heterocycles. The molecule has 0 saturated heterocycles. The summed E-state index contributed by atoms with van der Waals surface area (Å²) in [4.78, 5) is 0. The van der Waals surface area contributed by atoms with Crippen LogP contribution in [0.5, 0.6) is 0 Å². The third-order valence-corrected chi connectivity index (χ3v) is 28.6. The van der Waals surface area contributed by atoms with Gasteiger partial charge in [0.1, 0.15) is 0 Å². The molecule has 0 radical (unpaired) electrons. The van der Waals surface area contributed by atoms with Crippen molar-refractivity contribution in [1.82, 2.24) is 0 Å². The predicted molar refractivity (Wildman–Crippen MR) is 156 cm³/mol. The SMILES string of the molecule is CC(C)C1CC[C@@H](C)C[C@H]1[Sn]([CH2]c1ccccc1)([CH2]c1ccccc1)[C@@H]1C[C@H](C)CC[C@H]1C(C)C. The molecular formula is C34H52Sn. The van der Waals surface area contributed by atoms with Crippen molar-refractivity contribution >= 4 is 18.4 Å². The number of benzene rings is 2. The molecule has 2 aromatic rings. The van der Waals surface area contributed by atoms with Gasteiger partial charge in [0.05, 0.1) is 0 Å². The van der Waals surface area contributed by atoms with Crippen LogP contribution >= 0.6 is 0 Å². The van der Waals surface area contributed by atoms with E-state index < -0.39 is 18.4 Å². The zero-order valence-electron chi connectivity index (χ0n) is 23.5. The standard InChI is InChI=1S/2C10H19.2C7H7.Sn/c2*1-8(2)10-6-4-9(3)5-7-10;2*1-7-5-3-2-4-6-7;/h2*6,8-10H,4-5,7H2,1-3H3;2*2-6H,1H2;/t9-,10?;9-,10-;;;/m00.../s1. The molecule has 0 aromatic heterocycles. The van der Waals surface area contributed by atoms with Crippen LogP contribution in [0.4, 0.5) is 0 Å². The molecule has 2 aliphatic carbocycles. The van der Waals surface area contributed by atoms with Crippen LogP contribution in [0.1, 0.15) is 91.2 Å². The Morgan fingerprint density at radius 2 is 0.971 bits per heavy atom. The van der Waals surface area contributed by atoms with Crippen LogP contribution < -0.4 is 0 Å². The minimum absolute atomic E-state index is 0.814. The van der Waals surface area contributed by atoms with Crippen LogP contribution in [0.15, 0.2) is 60.7 Å². The van der Waals surface area contributed by atoms with E-state index in [2.05, 4.69) is 102 Å². The summed E-state index contributed by atoms with van der Waals surface area (Å²) in [5.41, 5.74) is 3.31. The van der Waals surface area contributed by atoms with Gasteiger partial charge in [0, 0.05) is 0 Å². The average molecular weight is 580 g/mol. The number of rotatable bonds is 8. The van der Waals surface area contributed by atoms with E-state index in [1.165, 1.54) is 47.4 Å². The fourth-order valence-electron chi connectivity index (χ4n) is 8.54. The second kappa shape index (κ2) is 12.2. The minimum atomic E-state index is -2.90. The zero-order chi connectivity index (χ0) is 25.0. The molecule has 0 aliphatic heterocycles. The summed E-state index contributed by atoms with van der Waals surface area (Å²) in [6.07, 6.45) is 8.86. The van der Waals surface area contributed by atoms with E-state index in [4.69, 9.17) is 0 Å². The van der Waals surface area contributed by atoms with Crippen molar-refractivity contribution in [1.29, 1.82) is 0 Å². The fourth-order valence-corrected chi connectivity index (χ4v) is 32.1. The van der Waals surface area contributed by atoms with E-state index in [0.717, 1.165) is 43.4 Å². The second-order valence-electron chi connectivity index (χ2n) is 13.4. The van der Waals surface area contributed by atoms with Crippen molar-refractivity contribution in [3.05, 3.63) is 71.8 Å². The van der Waals surface area contributed by atoms with Crippen LogP contribution in [-0.2, 0) is 8.87 Å². The van der Waals surface area contributed by atoms with Crippen molar-refractivity contribution in [3.8, 4) is 0 Å². The first kappa shape index (κ1) is 27.3. The van der Waals surface area contributed by atoms with Crippen LogP contribution in [0.25, 0.3) is 0 Å². The van der Waals surface area contributed by atoms with Crippen LogP contribution in [-0.4, -0.2) is 18.4 Å². The molecule has 35 heavy (non-hydrogen) atoms. The first-order chi connectivity index (χ1) is 16.8. The summed E-state index contributed by atoms with van der Waals surface area (Å²) in [5, 5.41) is 0. The van der Waals surface area contributed by atoms with Gasteiger partial charge in [-0.05, 0) is 0 Å². The van der Waals surface area contributed by atoms with E-state index in [-0.39, 0.29) is 0 Å². The Morgan fingerprint density at radius 1 is 0.600 bits per heavy atom. The molecule has 2 fully saturated rings. The van der Waals surface area contributed by atoms with Gasteiger partial charge in [-0.3, -0.25) is 0 Å². The Labute approximate surface area is 221 Å². The molecule has 2 aromatic carbocycles. The zero-order valence-corrected chi connectivity index (χ0v) is 26.4. The normalized spacial score (nSPS) is 30.1. The summed E-state index contributed by atoms with van der Waals surface area (Å²) in [6.45, 7) is 15.4. The van der Waals surface area contributed by atoms with Crippen molar-refractivity contribution < 1.29 is 0 Å². The van der Waals surface area contributed by atoms with Crippen LogP contribution in [0.2, 0.25) is 7.87 Å². The van der Waals surface area contributed by atoms with Gasteiger partial charge in [-0.2, -0.15) is 0 Å². The molecule has 192 valence electrons. The summed E-state index contributed by atoms with van der Waals surface area (Å²) in [5.74, 6) is 5.29. The molecule has 0 spiro atoms. The molecule has 2 aliphatic rings. The topological polar surface area (TPSA) is 0 Å². The molecule has 2 saturated carbocycles. The van der Waals surface area contributed by atoms with Gasteiger partial charge in [-0.1, -0.05) is 0 Å². The first-order valence-electron chi connectivity index (χ1n) is 14.9. The van der Waals surface area contributed by atoms with E-state index in [0.29, 0.717) is 0 Å². The van der Waals surface area contributed by atoms with Gasteiger partial charge in [0.15, 0.2) is 0 Å².